The Bertz CT molecular complexity index is 714. The summed E-state index contributed by atoms with van der Waals surface area (Å²) in [5.41, 5.74) is 7.62. The topological polar surface area (TPSA) is 70.1 Å². The molecule has 2 aromatic rings. The first-order chi connectivity index (χ1) is 11.1. The number of hydrogen-bond acceptors (Lipinski definition) is 4. The Labute approximate surface area is 134 Å². The molecular weight excluding hydrogens is 297 g/mol. The molecule has 0 saturated heterocycles. The van der Waals surface area contributed by atoms with Crippen LogP contribution in [0, 0.1) is 5.82 Å². The number of rotatable bonds is 3. The molecule has 6 heteroatoms. The van der Waals surface area contributed by atoms with Crippen molar-refractivity contribution in [1.82, 2.24) is 9.55 Å². The van der Waals surface area contributed by atoms with Crippen molar-refractivity contribution in [2.24, 2.45) is 5.73 Å². The minimum atomic E-state index is -0.535. The predicted octanol–water partition coefficient (Wildman–Crippen LogP) is 2.92. The number of aromatic nitrogens is 2. The van der Waals surface area contributed by atoms with E-state index in [2.05, 4.69) is 4.98 Å². The number of ether oxygens (including phenoxy) is 1. The van der Waals surface area contributed by atoms with Crippen molar-refractivity contribution in [2.45, 2.75) is 37.8 Å². The van der Waals surface area contributed by atoms with Crippen molar-refractivity contribution in [1.29, 1.82) is 0 Å². The maximum atomic E-state index is 13.7. The van der Waals surface area contributed by atoms with Gasteiger partial charge in [-0.3, -0.25) is 0 Å². The molecule has 1 heterocycles. The van der Waals surface area contributed by atoms with Gasteiger partial charge in [0, 0.05) is 11.6 Å². The fourth-order valence-corrected chi connectivity index (χ4v) is 3.27. The van der Waals surface area contributed by atoms with Gasteiger partial charge in [0.25, 0.3) is 0 Å². The van der Waals surface area contributed by atoms with Gasteiger partial charge in [0.1, 0.15) is 5.82 Å². The molecule has 5 nitrogen and oxygen atoms in total. The van der Waals surface area contributed by atoms with Gasteiger partial charge in [-0.1, -0.05) is 25.0 Å². The van der Waals surface area contributed by atoms with Gasteiger partial charge in [-0.25, -0.2) is 14.2 Å². The smallest absolute Gasteiger partial charge is 0.358 e. The third-order valence-corrected chi connectivity index (χ3v) is 4.41. The molecule has 1 aromatic heterocycles. The normalized spacial score (nSPS) is 21.2. The Morgan fingerprint density at radius 2 is 2.17 bits per heavy atom. The van der Waals surface area contributed by atoms with Crippen LogP contribution in [0.25, 0.3) is 11.3 Å². The van der Waals surface area contributed by atoms with Crippen LogP contribution in [0.3, 0.4) is 0 Å². The molecule has 0 unspecified atom stereocenters. The zero-order chi connectivity index (χ0) is 16.4. The van der Waals surface area contributed by atoms with E-state index in [-0.39, 0.29) is 23.6 Å². The number of nitrogens with zero attached hydrogens (tertiary/aromatic N) is 2. The van der Waals surface area contributed by atoms with Crippen molar-refractivity contribution in [2.75, 3.05) is 7.11 Å². The van der Waals surface area contributed by atoms with Crippen LogP contribution in [0.5, 0.6) is 0 Å². The van der Waals surface area contributed by atoms with Gasteiger partial charge in [-0.05, 0) is 25.0 Å². The van der Waals surface area contributed by atoms with Gasteiger partial charge in [-0.2, -0.15) is 0 Å². The number of benzene rings is 1. The third-order valence-electron chi connectivity index (χ3n) is 4.41. The van der Waals surface area contributed by atoms with E-state index in [0.717, 1.165) is 25.7 Å². The molecule has 1 aliphatic carbocycles. The quantitative estimate of drug-likeness (QED) is 0.884. The first kappa shape index (κ1) is 15.7. The SMILES string of the molecule is COC(=O)c1ncn([C@H]2CCCC[C@@H]2N)c1-c1cccc(F)c1. The highest BCUT2D eigenvalue weighted by Crippen LogP contribution is 2.34. The predicted molar refractivity (Wildman–Crippen MR) is 84.4 cm³/mol. The van der Waals surface area contributed by atoms with E-state index in [1.165, 1.54) is 19.2 Å². The molecule has 23 heavy (non-hydrogen) atoms. The molecule has 1 fully saturated rings. The molecule has 3 rings (SSSR count). The second-order valence-corrected chi connectivity index (χ2v) is 5.87. The number of hydrogen-bond donors (Lipinski definition) is 1. The number of esters is 1. The van der Waals surface area contributed by atoms with Gasteiger partial charge in [0.15, 0.2) is 5.69 Å². The van der Waals surface area contributed by atoms with E-state index in [1.54, 1.807) is 18.5 Å². The summed E-state index contributed by atoms with van der Waals surface area (Å²) < 4.78 is 20.4. The van der Waals surface area contributed by atoms with Gasteiger partial charge in [-0.15, -0.1) is 0 Å². The molecule has 0 amide bonds. The Hall–Kier alpha value is -2.21. The number of carbonyl (C=O) groups excluding carboxylic acids is 1. The van der Waals surface area contributed by atoms with Gasteiger partial charge >= 0.3 is 5.97 Å². The maximum absolute atomic E-state index is 13.7. The van der Waals surface area contributed by atoms with E-state index in [1.807, 2.05) is 4.57 Å². The third kappa shape index (κ3) is 2.99. The summed E-state index contributed by atoms with van der Waals surface area (Å²) in [6, 6.07) is 6.19. The minimum absolute atomic E-state index is 0.00393. The molecule has 1 aromatic carbocycles. The van der Waals surface area contributed by atoms with Gasteiger partial charge < -0.3 is 15.0 Å². The maximum Gasteiger partial charge on any atom is 0.358 e. The number of halogens is 1. The summed E-state index contributed by atoms with van der Waals surface area (Å²) in [7, 11) is 1.31. The Morgan fingerprint density at radius 3 is 2.87 bits per heavy atom. The Morgan fingerprint density at radius 1 is 1.39 bits per heavy atom. The van der Waals surface area contributed by atoms with Crippen LogP contribution >= 0.6 is 0 Å². The summed E-state index contributed by atoms with van der Waals surface area (Å²) in [5.74, 6) is -0.897. The summed E-state index contributed by atoms with van der Waals surface area (Å²) in [5, 5.41) is 0. The molecule has 1 aliphatic rings. The van der Waals surface area contributed by atoms with Crippen LogP contribution in [0.2, 0.25) is 0 Å². The zero-order valence-corrected chi connectivity index (χ0v) is 13.0. The molecule has 0 bridgehead atoms. The van der Waals surface area contributed by atoms with Gasteiger partial charge in [0.05, 0.1) is 25.2 Å². The van der Waals surface area contributed by atoms with Crippen molar-refractivity contribution in [3.05, 3.63) is 42.1 Å². The lowest BCUT2D eigenvalue weighted by molar-refractivity contribution is 0.0595. The summed E-state index contributed by atoms with van der Waals surface area (Å²) in [6.07, 6.45) is 5.64. The molecule has 122 valence electrons. The first-order valence-electron chi connectivity index (χ1n) is 7.78. The fourth-order valence-electron chi connectivity index (χ4n) is 3.27. The van der Waals surface area contributed by atoms with E-state index < -0.39 is 5.97 Å². The molecule has 2 N–H and O–H groups in total. The number of nitrogens with two attached hydrogens (primary N) is 1. The molecule has 0 spiro atoms. The number of methoxy groups -OCH3 is 1. The van der Waals surface area contributed by atoms with E-state index in [9.17, 15) is 9.18 Å². The van der Waals surface area contributed by atoms with Gasteiger partial charge in [0.2, 0.25) is 0 Å². The minimum Gasteiger partial charge on any atom is -0.464 e. The number of imidazole rings is 1. The fraction of sp³-hybridized carbons (Fsp3) is 0.412. The monoisotopic (exact) mass is 317 g/mol. The van der Waals surface area contributed by atoms with E-state index in [4.69, 9.17) is 10.5 Å². The highest BCUT2D eigenvalue weighted by molar-refractivity contribution is 5.94. The summed E-state index contributed by atoms with van der Waals surface area (Å²) >= 11 is 0. The highest BCUT2D eigenvalue weighted by Gasteiger charge is 2.29. The highest BCUT2D eigenvalue weighted by atomic mass is 19.1. The van der Waals surface area contributed by atoms with Crippen LogP contribution < -0.4 is 5.73 Å². The second kappa shape index (κ2) is 6.50. The second-order valence-electron chi connectivity index (χ2n) is 5.87. The van der Waals surface area contributed by atoms with Crippen LogP contribution in [-0.2, 0) is 4.74 Å². The molecule has 0 aliphatic heterocycles. The van der Waals surface area contributed by atoms with Crippen molar-refractivity contribution in [3.8, 4) is 11.3 Å². The lowest BCUT2D eigenvalue weighted by Gasteiger charge is -2.31. The van der Waals surface area contributed by atoms with Crippen LogP contribution in [-0.4, -0.2) is 28.7 Å². The zero-order valence-electron chi connectivity index (χ0n) is 13.0. The lowest BCUT2D eigenvalue weighted by atomic mass is 9.90. The summed E-state index contributed by atoms with van der Waals surface area (Å²) in [4.78, 5) is 16.3. The van der Waals surface area contributed by atoms with Crippen molar-refractivity contribution >= 4 is 5.97 Å². The standard InChI is InChI=1S/C17H20FN3O2/c1-23-17(22)15-16(11-5-4-6-12(18)9-11)21(10-20-15)14-8-3-2-7-13(14)19/h4-6,9-10,13-14H,2-3,7-8,19H2,1H3/t13-,14-/m0/s1. The molecule has 1 saturated carbocycles. The van der Waals surface area contributed by atoms with Crippen molar-refractivity contribution in [3.63, 3.8) is 0 Å². The summed E-state index contributed by atoms with van der Waals surface area (Å²) in [6.45, 7) is 0. The van der Waals surface area contributed by atoms with Crippen LogP contribution in [0.4, 0.5) is 4.39 Å². The lowest BCUT2D eigenvalue weighted by Crippen LogP contribution is -2.35. The molecule has 0 radical (unpaired) electrons. The van der Waals surface area contributed by atoms with Crippen LogP contribution in [0.15, 0.2) is 30.6 Å². The number of carbonyl (C=O) groups is 1. The average molecular weight is 317 g/mol. The molecular formula is C17H20FN3O2. The Kier molecular flexibility index (Phi) is 4.43. The largest absolute Gasteiger partial charge is 0.464 e. The van der Waals surface area contributed by atoms with E-state index >= 15 is 0 Å². The van der Waals surface area contributed by atoms with Crippen molar-refractivity contribution < 1.29 is 13.9 Å². The Balaban J connectivity index is 2.13. The average Bonchev–Trinajstić information content (AvgIpc) is 2.99. The molecule has 2 atom stereocenters. The van der Waals surface area contributed by atoms with Crippen LogP contribution in [0.1, 0.15) is 42.2 Å². The van der Waals surface area contributed by atoms with E-state index in [0.29, 0.717) is 11.3 Å². The first-order valence-corrected chi connectivity index (χ1v) is 7.78.